The summed E-state index contributed by atoms with van der Waals surface area (Å²) in [5.41, 5.74) is 2.75. The van der Waals surface area contributed by atoms with Crippen LogP contribution in [0.15, 0.2) is 72.3 Å². The van der Waals surface area contributed by atoms with Crippen molar-refractivity contribution < 1.29 is 19.4 Å². The molecule has 2 heterocycles. The van der Waals surface area contributed by atoms with Crippen LogP contribution in [0.4, 0.5) is 5.13 Å². The van der Waals surface area contributed by atoms with Gasteiger partial charge in [0.1, 0.15) is 11.5 Å². The zero-order valence-corrected chi connectivity index (χ0v) is 21.3. The molecule has 1 unspecified atom stereocenters. The number of benzene rings is 3. The first kappa shape index (κ1) is 24.0. The van der Waals surface area contributed by atoms with E-state index >= 15 is 0 Å². The predicted octanol–water partition coefficient (Wildman–Crippen LogP) is 6.67. The highest BCUT2D eigenvalue weighted by Gasteiger charge is 2.48. The number of thiazole rings is 1. The minimum atomic E-state index is -0.898. The van der Waals surface area contributed by atoms with Gasteiger partial charge in [-0.05, 0) is 60.9 Å². The van der Waals surface area contributed by atoms with Crippen LogP contribution in [-0.4, -0.2) is 28.4 Å². The number of amides is 1. The second-order valence-electron chi connectivity index (χ2n) is 8.57. The third-order valence-corrected chi connectivity index (χ3v) is 7.18. The molecule has 1 fully saturated rings. The van der Waals surface area contributed by atoms with E-state index in [0.717, 1.165) is 22.2 Å². The molecule has 0 spiro atoms. The Hall–Kier alpha value is -3.68. The van der Waals surface area contributed by atoms with Crippen LogP contribution in [0.2, 0.25) is 5.02 Å². The highest BCUT2D eigenvalue weighted by molar-refractivity contribution is 7.22. The number of carbonyl (C=O) groups is 2. The van der Waals surface area contributed by atoms with Crippen LogP contribution in [0.25, 0.3) is 16.0 Å². The monoisotopic (exact) mass is 518 g/mol. The number of aliphatic hydroxyl groups is 1. The van der Waals surface area contributed by atoms with E-state index in [-0.39, 0.29) is 11.3 Å². The summed E-state index contributed by atoms with van der Waals surface area (Å²) in [5, 5.41) is 12.2. The first-order chi connectivity index (χ1) is 17.4. The summed E-state index contributed by atoms with van der Waals surface area (Å²) < 4.78 is 6.60. The van der Waals surface area contributed by atoms with Gasteiger partial charge in [0.2, 0.25) is 0 Å². The van der Waals surface area contributed by atoms with Gasteiger partial charge in [0.05, 0.1) is 28.4 Å². The van der Waals surface area contributed by atoms with Crippen LogP contribution in [-0.2, 0) is 9.59 Å². The van der Waals surface area contributed by atoms with Gasteiger partial charge in [-0.2, -0.15) is 0 Å². The maximum absolute atomic E-state index is 13.4. The Bertz CT molecular complexity index is 1530. The molecule has 4 aromatic rings. The van der Waals surface area contributed by atoms with Gasteiger partial charge in [-0.1, -0.05) is 60.2 Å². The fraction of sp³-hybridized carbons (Fsp3) is 0.179. The summed E-state index contributed by atoms with van der Waals surface area (Å²) in [6.07, 6.45) is 0.831. The van der Waals surface area contributed by atoms with Crippen LogP contribution < -0.4 is 9.64 Å². The number of ether oxygens (including phenoxy) is 1. The van der Waals surface area contributed by atoms with E-state index < -0.39 is 17.7 Å². The molecule has 1 aliphatic heterocycles. The molecule has 6 nitrogen and oxygen atoms in total. The molecule has 36 heavy (non-hydrogen) atoms. The van der Waals surface area contributed by atoms with Gasteiger partial charge in [-0.25, -0.2) is 4.98 Å². The lowest BCUT2D eigenvalue weighted by Crippen LogP contribution is -2.29. The Balaban J connectivity index is 1.69. The molecule has 1 aromatic heterocycles. The molecule has 5 rings (SSSR count). The molecule has 8 heteroatoms. The number of nitrogens with zero attached hydrogens (tertiary/aromatic N) is 2. The smallest absolute Gasteiger partial charge is 0.301 e. The fourth-order valence-corrected chi connectivity index (χ4v) is 5.54. The fourth-order valence-electron chi connectivity index (χ4n) is 4.25. The average Bonchev–Trinajstić information content (AvgIpc) is 3.40. The Morgan fingerprint density at radius 2 is 1.92 bits per heavy atom. The molecular formula is C28H23ClN2O4S. The minimum absolute atomic E-state index is 0.0228. The quantitative estimate of drug-likeness (QED) is 0.175. The Kier molecular flexibility index (Phi) is 6.51. The zero-order valence-electron chi connectivity index (χ0n) is 19.7. The van der Waals surface area contributed by atoms with Crippen molar-refractivity contribution in [2.75, 3.05) is 11.5 Å². The zero-order chi connectivity index (χ0) is 25.4. The number of aliphatic hydroxyl groups excluding tert-OH is 1. The van der Waals surface area contributed by atoms with Gasteiger partial charge in [0.15, 0.2) is 5.13 Å². The van der Waals surface area contributed by atoms with Gasteiger partial charge in [-0.15, -0.1) is 0 Å². The summed E-state index contributed by atoms with van der Waals surface area (Å²) in [6.45, 7) is 4.50. The Morgan fingerprint density at radius 3 is 2.69 bits per heavy atom. The van der Waals surface area contributed by atoms with Crippen molar-refractivity contribution in [1.29, 1.82) is 0 Å². The van der Waals surface area contributed by atoms with Crippen LogP contribution >= 0.6 is 22.9 Å². The number of Topliss-reactive ketones (excluding diaryl/α,β-unsaturated/α-hetero) is 1. The number of hydrogen-bond donors (Lipinski definition) is 1. The molecular weight excluding hydrogens is 496 g/mol. The van der Waals surface area contributed by atoms with E-state index in [0.29, 0.717) is 33.6 Å². The van der Waals surface area contributed by atoms with E-state index in [9.17, 15) is 14.7 Å². The summed E-state index contributed by atoms with van der Waals surface area (Å²) >= 11 is 7.61. The number of hydrogen-bond acceptors (Lipinski definition) is 6. The lowest BCUT2D eigenvalue weighted by atomic mass is 9.95. The second kappa shape index (κ2) is 9.76. The highest BCUT2D eigenvalue weighted by Crippen LogP contribution is 2.44. The molecule has 1 N–H and O–H groups in total. The van der Waals surface area contributed by atoms with Gasteiger partial charge in [0.25, 0.3) is 5.78 Å². The van der Waals surface area contributed by atoms with Gasteiger partial charge in [0, 0.05) is 10.6 Å². The topological polar surface area (TPSA) is 79.7 Å². The summed E-state index contributed by atoms with van der Waals surface area (Å²) in [5.74, 6) is -1.25. The number of aromatic nitrogens is 1. The normalized spacial score (nSPS) is 17.2. The van der Waals surface area contributed by atoms with Crippen molar-refractivity contribution in [3.63, 3.8) is 0 Å². The highest BCUT2D eigenvalue weighted by atomic mass is 35.5. The number of fused-ring (bicyclic) bond motifs is 1. The molecule has 0 bridgehead atoms. The van der Waals surface area contributed by atoms with E-state index in [1.807, 2.05) is 32.0 Å². The maximum atomic E-state index is 13.4. The van der Waals surface area contributed by atoms with E-state index in [2.05, 4.69) is 4.98 Å². The van der Waals surface area contributed by atoms with Crippen LogP contribution in [0, 0.1) is 6.92 Å². The minimum Gasteiger partial charge on any atom is -0.507 e. The first-order valence-corrected chi connectivity index (χ1v) is 12.7. The van der Waals surface area contributed by atoms with E-state index in [4.69, 9.17) is 16.3 Å². The third-order valence-electron chi connectivity index (χ3n) is 5.93. The Morgan fingerprint density at radius 1 is 1.11 bits per heavy atom. The average molecular weight is 519 g/mol. The van der Waals surface area contributed by atoms with Gasteiger partial charge < -0.3 is 9.84 Å². The summed E-state index contributed by atoms with van der Waals surface area (Å²) in [6, 6.07) is 18.7. The standard InChI is InChI=1S/C28H23ClN2O4S/c1-3-12-35-20-9-5-7-18(15-20)25(32)23-24(17-6-4-8-19(29)14-17)31(27(34)26(23)33)28-30-21-11-10-16(2)13-22(21)36-28/h4-11,13-15,24,32H,3,12H2,1-2H3. The van der Waals surface area contributed by atoms with Crippen molar-refractivity contribution in [1.82, 2.24) is 4.98 Å². The number of rotatable bonds is 6. The molecule has 1 aliphatic rings. The van der Waals surface area contributed by atoms with Crippen LogP contribution in [0.5, 0.6) is 5.75 Å². The van der Waals surface area contributed by atoms with Crippen molar-refractivity contribution in [3.8, 4) is 5.75 Å². The molecule has 1 saturated heterocycles. The van der Waals surface area contributed by atoms with Crippen molar-refractivity contribution in [2.45, 2.75) is 26.3 Å². The number of halogens is 1. The SMILES string of the molecule is CCCOc1cccc(C(O)=C2C(=O)C(=O)N(c3nc4ccc(C)cc4s3)C2c2cccc(Cl)c2)c1. The number of ketones is 1. The molecule has 1 atom stereocenters. The van der Waals surface area contributed by atoms with Crippen LogP contribution in [0.3, 0.4) is 0 Å². The number of carbonyl (C=O) groups excluding carboxylic acids is 2. The molecule has 182 valence electrons. The number of anilines is 1. The molecule has 3 aromatic carbocycles. The molecule has 0 radical (unpaired) electrons. The van der Waals surface area contributed by atoms with Gasteiger partial charge in [-0.3, -0.25) is 14.5 Å². The van der Waals surface area contributed by atoms with Crippen molar-refractivity contribution in [2.24, 2.45) is 0 Å². The third kappa shape index (κ3) is 4.36. The van der Waals surface area contributed by atoms with Crippen molar-refractivity contribution in [3.05, 3.63) is 94.0 Å². The number of aryl methyl sites for hydroxylation is 1. The van der Waals surface area contributed by atoms with Crippen molar-refractivity contribution >= 4 is 55.7 Å². The lowest BCUT2D eigenvalue weighted by Gasteiger charge is -2.23. The molecule has 1 amide bonds. The second-order valence-corrected chi connectivity index (χ2v) is 10.0. The summed E-state index contributed by atoms with van der Waals surface area (Å²) in [7, 11) is 0. The predicted molar refractivity (Wildman–Crippen MR) is 143 cm³/mol. The molecule has 0 saturated carbocycles. The first-order valence-electron chi connectivity index (χ1n) is 11.5. The van der Waals surface area contributed by atoms with Gasteiger partial charge >= 0.3 is 5.91 Å². The largest absolute Gasteiger partial charge is 0.507 e. The maximum Gasteiger partial charge on any atom is 0.301 e. The van der Waals surface area contributed by atoms with E-state index in [1.165, 1.54) is 16.2 Å². The summed E-state index contributed by atoms with van der Waals surface area (Å²) in [4.78, 5) is 32.8. The lowest BCUT2D eigenvalue weighted by molar-refractivity contribution is -0.132. The van der Waals surface area contributed by atoms with E-state index in [1.54, 1.807) is 48.5 Å². The molecule has 0 aliphatic carbocycles. The van der Waals surface area contributed by atoms with Crippen LogP contribution in [0.1, 0.15) is 36.1 Å². The Labute approximate surface area is 217 Å².